The number of ketones is 1. The summed E-state index contributed by atoms with van der Waals surface area (Å²) in [5.41, 5.74) is -1.31. The molecule has 1 aliphatic carbocycles. The van der Waals surface area contributed by atoms with Crippen LogP contribution in [0, 0.1) is 22.9 Å². The Kier molecular flexibility index (Phi) is 2.98. The largest absolute Gasteiger partial charge is 0.293 e. The fourth-order valence-electron chi connectivity index (χ4n) is 2.44. The third kappa shape index (κ3) is 2.08. The minimum atomic E-state index is -1.11. The Morgan fingerprint density at radius 2 is 1.59 bits per heavy atom. The first-order valence-corrected chi connectivity index (χ1v) is 5.63. The molecule has 0 atom stereocenters. The van der Waals surface area contributed by atoms with E-state index >= 15 is 0 Å². The molecule has 0 radical (unpaired) electrons. The highest BCUT2D eigenvalue weighted by Gasteiger charge is 2.39. The van der Waals surface area contributed by atoms with E-state index in [0.717, 1.165) is 12.8 Å². The number of carbonyl (C=O) groups excluding carboxylic acids is 1. The number of hydrogen-bond acceptors (Lipinski definition) is 1. The summed E-state index contributed by atoms with van der Waals surface area (Å²) < 4.78 is 39.7. The summed E-state index contributed by atoms with van der Waals surface area (Å²) in [5.74, 6) is -3.78. The monoisotopic (exact) mass is 242 g/mol. The van der Waals surface area contributed by atoms with Crippen molar-refractivity contribution < 1.29 is 18.0 Å². The molecule has 92 valence electrons. The van der Waals surface area contributed by atoms with Crippen molar-refractivity contribution in [2.75, 3.05) is 0 Å². The highest BCUT2D eigenvalue weighted by atomic mass is 19.1. The zero-order chi connectivity index (χ0) is 12.6. The van der Waals surface area contributed by atoms with Gasteiger partial charge in [-0.15, -0.1) is 0 Å². The quantitative estimate of drug-likeness (QED) is 0.719. The number of benzene rings is 1. The minimum Gasteiger partial charge on any atom is -0.293 e. The molecule has 0 bridgehead atoms. The molecular weight excluding hydrogens is 229 g/mol. The fraction of sp³-hybridized carbons (Fsp3) is 0.462. The van der Waals surface area contributed by atoms with E-state index in [2.05, 4.69) is 0 Å². The number of hydrogen-bond donors (Lipinski definition) is 0. The molecule has 0 saturated heterocycles. The van der Waals surface area contributed by atoms with Gasteiger partial charge in [-0.3, -0.25) is 4.79 Å². The molecule has 1 nitrogen and oxygen atoms in total. The van der Waals surface area contributed by atoms with E-state index in [9.17, 15) is 18.0 Å². The van der Waals surface area contributed by atoms with Gasteiger partial charge >= 0.3 is 0 Å². The second-order valence-electron chi connectivity index (χ2n) is 4.84. The van der Waals surface area contributed by atoms with Crippen LogP contribution in [0.25, 0.3) is 0 Å². The van der Waals surface area contributed by atoms with E-state index in [1.54, 1.807) is 6.92 Å². The molecule has 0 amide bonds. The number of Topliss-reactive ketones (excluding diaryl/α,β-unsaturated/α-hetero) is 1. The first-order valence-electron chi connectivity index (χ1n) is 5.63. The maximum absolute atomic E-state index is 13.5. The highest BCUT2D eigenvalue weighted by Crippen LogP contribution is 2.41. The van der Waals surface area contributed by atoms with Gasteiger partial charge in [0, 0.05) is 17.5 Å². The molecular formula is C13H13F3O. The second-order valence-corrected chi connectivity index (χ2v) is 4.84. The Morgan fingerprint density at radius 1 is 1.12 bits per heavy atom. The van der Waals surface area contributed by atoms with Crippen molar-refractivity contribution in [1.29, 1.82) is 0 Å². The van der Waals surface area contributed by atoms with Crippen molar-refractivity contribution in [2.24, 2.45) is 5.41 Å². The Bertz CT molecular complexity index is 439. The van der Waals surface area contributed by atoms with Gasteiger partial charge < -0.3 is 0 Å². The van der Waals surface area contributed by atoms with E-state index in [1.807, 2.05) is 0 Å². The van der Waals surface area contributed by atoms with Gasteiger partial charge in [-0.05, 0) is 12.8 Å². The third-order valence-corrected chi connectivity index (χ3v) is 3.49. The van der Waals surface area contributed by atoms with E-state index in [-0.39, 0.29) is 0 Å². The molecule has 4 heteroatoms. The smallest absolute Gasteiger partial charge is 0.174 e. The number of halogens is 3. The van der Waals surface area contributed by atoms with Crippen LogP contribution in [0.15, 0.2) is 12.1 Å². The standard InChI is InChI=1S/C13H13F3O/c1-13(4-2-3-5-13)12(17)11-9(15)6-8(14)7-10(11)16/h6-7H,2-5H2,1H3. The Morgan fingerprint density at radius 3 is 2.06 bits per heavy atom. The zero-order valence-electron chi connectivity index (χ0n) is 9.53. The molecule has 1 aliphatic rings. The van der Waals surface area contributed by atoms with E-state index in [0.29, 0.717) is 25.0 Å². The van der Waals surface area contributed by atoms with Gasteiger partial charge in [0.05, 0.1) is 5.56 Å². The van der Waals surface area contributed by atoms with E-state index in [4.69, 9.17) is 0 Å². The molecule has 1 aromatic rings. The Labute approximate surface area is 97.6 Å². The van der Waals surface area contributed by atoms with Gasteiger partial charge in [-0.25, -0.2) is 13.2 Å². The van der Waals surface area contributed by atoms with Gasteiger partial charge in [-0.1, -0.05) is 19.8 Å². The molecule has 2 rings (SSSR count). The van der Waals surface area contributed by atoms with Gasteiger partial charge in [0.1, 0.15) is 17.5 Å². The number of carbonyl (C=O) groups is 1. The average molecular weight is 242 g/mol. The van der Waals surface area contributed by atoms with Crippen LogP contribution in [-0.4, -0.2) is 5.78 Å². The Balaban J connectivity index is 2.44. The molecule has 0 heterocycles. The first-order chi connectivity index (χ1) is 7.94. The van der Waals surface area contributed by atoms with Crippen LogP contribution in [0.1, 0.15) is 43.0 Å². The fourth-order valence-corrected chi connectivity index (χ4v) is 2.44. The lowest BCUT2D eigenvalue weighted by Crippen LogP contribution is -2.26. The van der Waals surface area contributed by atoms with Gasteiger partial charge in [-0.2, -0.15) is 0 Å². The van der Waals surface area contributed by atoms with E-state index < -0.39 is 34.2 Å². The molecule has 17 heavy (non-hydrogen) atoms. The summed E-state index contributed by atoms with van der Waals surface area (Å²) in [7, 11) is 0. The van der Waals surface area contributed by atoms with Gasteiger partial charge in [0.15, 0.2) is 5.78 Å². The zero-order valence-corrected chi connectivity index (χ0v) is 9.53. The summed E-state index contributed by atoms with van der Waals surface area (Å²) in [4.78, 5) is 12.1. The second kappa shape index (κ2) is 4.17. The molecule has 1 saturated carbocycles. The molecule has 0 unspecified atom stereocenters. The van der Waals surface area contributed by atoms with Crippen molar-refractivity contribution in [3.63, 3.8) is 0 Å². The lowest BCUT2D eigenvalue weighted by atomic mass is 9.80. The topological polar surface area (TPSA) is 17.1 Å². The maximum Gasteiger partial charge on any atom is 0.174 e. The summed E-state index contributed by atoms with van der Waals surface area (Å²) in [6.07, 6.45) is 3.02. The highest BCUT2D eigenvalue weighted by molar-refractivity contribution is 6.00. The molecule has 0 spiro atoms. The predicted molar refractivity (Wildman–Crippen MR) is 57.2 cm³/mol. The molecule has 1 fully saturated rings. The lowest BCUT2D eigenvalue weighted by molar-refractivity contribution is 0.0814. The summed E-state index contributed by atoms with van der Waals surface area (Å²) in [6.45, 7) is 1.71. The van der Waals surface area contributed by atoms with Crippen LogP contribution < -0.4 is 0 Å². The minimum absolute atomic E-state index is 0.550. The van der Waals surface area contributed by atoms with Crippen molar-refractivity contribution in [3.05, 3.63) is 35.1 Å². The van der Waals surface area contributed by atoms with Crippen molar-refractivity contribution >= 4 is 5.78 Å². The Hall–Kier alpha value is -1.32. The molecule has 1 aromatic carbocycles. The van der Waals surface area contributed by atoms with Gasteiger partial charge in [0.25, 0.3) is 0 Å². The van der Waals surface area contributed by atoms with E-state index in [1.165, 1.54) is 0 Å². The van der Waals surface area contributed by atoms with Gasteiger partial charge in [0.2, 0.25) is 0 Å². The molecule has 0 N–H and O–H groups in total. The molecule has 0 aliphatic heterocycles. The predicted octanol–water partition coefficient (Wildman–Crippen LogP) is 3.87. The summed E-state index contributed by atoms with van der Waals surface area (Å²) in [6, 6.07) is 1.10. The normalized spacial score (nSPS) is 18.4. The SMILES string of the molecule is CC1(C(=O)c2c(F)cc(F)cc2F)CCCC1. The van der Waals surface area contributed by atoms with Crippen LogP contribution in [0.2, 0.25) is 0 Å². The van der Waals surface area contributed by atoms with Crippen molar-refractivity contribution in [2.45, 2.75) is 32.6 Å². The van der Waals surface area contributed by atoms with Crippen molar-refractivity contribution in [1.82, 2.24) is 0 Å². The van der Waals surface area contributed by atoms with Crippen LogP contribution in [0.5, 0.6) is 0 Å². The van der Waals surface area contributed by atoms with Crippen molar-refractivity contribution in [3.8, 4) is 0 Å². The number of rotatable bonds is 2. The van der Waals surface area contributed by atoms with Crippen LogP contribution in [0.4, 0.5) is 13.2 Å². The average Bonchev–Trinajstić information content (AvgIpc) is 2.64. The maximum atomic E-state index is 13.5. The molecule has 0 aromatic heterocycles. The lowest BCUT2D eigenvalue weighted by Gasteiger charge is -2.22. The van der Waals surface area contributed by atoms with Crippen LogP contribution >= 0.6 is 0 Å². The first kappa shape index (κ1) is 12.1. The van der Waals surface area contributed by atoms with Crippen LogP contribution in [-0.2, 0) is 0 Å². The van der Waals surface area contributed by atoms with Crippen LogP contribution in [0.3, 0.4) is 0 Å². The third-order valence-electron chi connectivity index (χ3n) is 3.49. The summed E-state index contributed by atoms with van der Waals surface area (Å²) in [5, 5.41) is 0. The summed E-state index contributed by atoms with van der Waals surface area (Å²) >= 11 is 0.